The zero-order chi connectivity index (χ0) is 22.1. The Morgan fingerprint density at radius 2 is 1.26 bits per heavy atom. The van der Waals surface area contributed by atoms with Gasteiger partial charge in [-0.25, -0.2) is 0 Å². The summed E-state index contributed by atoms with van der Waals surface area (Å²) in [6.07, 6.45) is 0. The van der Waals surface area contributed by atoms with Crippen molar-refractivity contribution in [3.8, 4) is 17.2 Å². The van der Waals surface area contributed by atoms with Gasteiger partial charge in [0, 0.05) is 4.47 Å². The maximum absolute atomic E-state index is 12.3. The molecule has 0 aliphatic rings. The average Bonchev–Trinajstić information content (AvgIpc) is 2.79. The van der Waals surface area contributed by atoms with Crippen molar-refractivity contribution in [3.05, 3.63) is 77.3 Å². The summed E-state index contributed by atoms with van der Waals surface area (Å²) in [4.78, 5) is 24.6. The molecule has 3 aromatic rings. The van der Waals surface area contributed by atoms with Gasteiger partial charge in [-0.15, -0.1) is 0 Å². The summed E-state index contributed by atoms with van der Waals surface area (Å²) in [5.74, 6) is 0.850. The van der Waals surface area contributed by atoms with Crippen molar-refractivity contribution < 1.29 is 23.8 Å². The fraction of sp³-hybridized carbons (Fsp3) is 0.130. The molecule has 0 saturated carbocycles. The number of nitrogens with one attached hydrogen (secondary N) is 2. The Labute approximate surface area is 188 Å². The lowest BCUT2D eigenvalue weighted by Gasteiger charge is -2.14. The minimum absolute atomic E-state index is 0.166. The third-order valence-electron chi connectivity index (χ3n) is 4.09. The minimum Gasteiger partial charge on any atom is -0.493 e. The highest BCUT2D eigenvalue weighted by atomic mass is 79.9. The van der Waals surface area contributed by atoms with Gasteiger partial charge in [0.15, 0.2) is 24.7 Å². The van der Waals surface area contributed by atoms with Gasteiger partial charge in [-0.1, -0.05) is 40.2 Å². The zero-order valence-corrected chi connectivity index (χ0v) is 18.3. The van der Waals surface area contributed by atoms with E-state index in [1.165, 1.54) is 7.11 Å². The van der Waals surface area contributed by atoms with Crippen LogP contribution in [0.25, 0.3) is 0 Å². The minimum atomic E-state index is -0.376. The van der Waals surface area contributed by atoms with Crippen LogP contribution in [0.5, 0.6) is 17.2 Å². The Hall–Kier alpha value is -3.52. The highest BCUT2D eigenvalue weighted by molar-refractivity contribution is 9.10. The Balaban J connectivity index is 1.54. The van der Waals surface area contributed by atoms with Gasteiger partial charge < -0.3 is 24.8 Å². The number of para-hydroxylation sites is 4. The number of hydrogen-bond donors (Lipinski definition) is 2. The van der Waals surface area contributed by atoms with E-state index in [9.17, 15) is 9.59 Å². The van der Waals surface area contributed by atoms with Crippen molar-refractivity contribution in [1.29, 1.82) is 0 Å². The molecule has 0 bridgehead atoms. The molecule has 0 saturated heterocycles. The van der Waals surface area contributed by atoms with Gasteiger partial charge in [0.25, 0.3) is 11.8 Å². The highest BCUT2D eigenvalue weighted by Gasteiger charge is 2.12. The van der Waals surface area contributed by atoms with E-state index >= 15 is 0 Å². The van der Waals surface area contributed by atoms with Crippen LogP contribution in [-0.4, -0.2) is 32.1 Å². The molecule has 0 fully saturated rings. The van der Waals surface area contributed by atoms with E-state index in [2.05, 4.69) is 26.6 Å². The molecule has 0 aromatic heterocycles. The Kier molecular flexibility index (Phi) is 7.89. The lowest BCUT2D eigenvalue weighted by Crippen LogP contribution is -2.23. The molecule has 160 valence electrons. The van der Waals surface area contributed by atoms with Crippen LogP contribution in [0.15, 0.2) is 77.3 Å². The molecular weight excluding hydrogens is 464 g/mol. The first-order valence-electron chi connectivity index (χ1n) is 9.38. The number of ether oxygens (including phenoxy) is 3. The second kappa shape index (κ2) is 11.0. The van der Waals surface area contributed by atoms with Crippen molar-refractivity contribution in [2.24, 2.45) is 0 Å². The topological polar surface area (TPSA) is 85.9 Å². The maximum atomic E-state index is 12.3. The summed E-state index contributed by atoms with van der Waals surface area (Å²) in [6, 6.07) is 21.1. The van der Waals surface area contributed by atoms with E-state index < -0.39 is 0 Å². The van der Waals surface area contributed by atoms with E-state index in [-0.39, 0.29) is 25.0 Å². The number of methoxy groups -OCH3 is 1. The largest absolute Gasteiger partial charge is 0.493 e. The van der Waals surface area contributed by atoms with E-state index in [0.717, 1.165) is 4.47 Å². The number of anilines is 2. The molecule has 0 heterocycles. The molecule has 31 heavy (non-hydrogen) atoms. The fourth-order valence-corrected chi connectivity index (χ4v) is 2.90. The second-order valence-corrected chi connectivity index (χ2v) is 7.24. The van der Waals surface area contributed by atoms with Gasteiger partial charge in [0.1, 0.15) is 5.75 Å². The van der Waals surface area contributed by atoms with E-state index in [1.807, 2.05) is 18.2 Å². The smallest absolute Gasteiger partial charge is 0.262 e. The first kappa shape index (κ1) is 22.2. The van der Waals surface area contributed by atoms with Gasteiger partial charge in [-0.2, -0.15) is 0 Å². The van der Waals surface area contributed by atoms with Crippen LogP contribution in [0.2, 0.25) is 0 Å². The third-order valence-corrected chi connectivity index (χ3v) is 4.62. The van der Waals surface area contributed by atoms with Gasteiger partial charge in [0.2, 0.25) is 0 Å². The first-order valence-corrected chi connectivity index (χ1v) is 10.2. The Morgan fingerprint density at radius 3 is 1.84 bits per heavy atom. The van der Waals surface area contributed by atoms with E-state index in [0.29, 0.717) is 28.6 Å². The van der Waals surface area contributed by atoms with Crippen LogP contribution in [-0.2, 0) is 9.59 Å². The van der Waals surface area contributed by atoms with Crippen LogP contribution < -0.4 is 24.8 Å². The SMILES string of the molecule is COc1ccccc1OCC(=O)Nc1ccccc1NC(=O)COc1ccc(Br)cc1. The Bertz CT molecular complexity index is 1040. The predicted octanol–water partition coefficient (Wildman–Crippen LogP) is 4.49. The number of carbonyl (C=O) groups excluding carboxylic acids is 2. The summed E-state index contributed by atoms with van der Waals surface area (Å²) in [7, 11) is 1.53. The number of amides is 2. The van der Waals surface area contributed by atoms with Crippen molar-refractivity contribution in [2.45, 2.75) is 0 Å². The van der Waals surface area contributed by atoms with Crippen molar-refractivity contribution in [3.63, 3.8) is 0 Å². The molecule has 2 N–H and O–H groups in total. The monoisotopic (exact) mass is 484 g/mol. The maximum Gasteiger partial charge on any atom is 0.262 e. The third kappa shape index (κ3) is 6.75. The zero-order valence-electron chi connectivity index (χ0n) is 16.8. The molecule has 0 aliphatic carbocycles. The standard InChI is InChI=1S/C23H21BrN2O5/c1-29-20-8-4-5-9-21(20)31-15-23(28)26-19-7-3-2-6-18(19)25-22(27)14-30-17-12-10-16(24)11-13-17/h2-13H,14-15H2,1H3,(H,25,27)(H,26,28). The summed E-state index contributed by atoms with van der Waals surface area (Å²) in [5.41, 5.74) is 0.908. The molecule has 0 radical (unpaired) electrons. The number of rotatable bonds is 9. The molecule has 2 amide bonds. The van der Waals surface area contributed by atoms with Crippen molar-refractivity contribution in [1.82, 2.24) is 0 Å². The predicted molar refractivity (Wildman–Crippen MR) is 122 cm³/mol. The second-order valence-electron chi connectivity index (χ2n) is 6.32. The van der Waals surface area contributed by atoms with Crippen LogP contribution >= 0.6 is 15.9 Å². The van der Waals surface area contributed by atoms with Crippen LogP contribution in [0.1, 0.15) is 0 Å². The molecule has 0 spiro atoms. The molecule has 3 rings (SSSR count). The molecular formula is C23H21BrN2O5. The number of hydrogen-bond acceptors (Lipinski definition) is 5. The number of halogens is 1. The summed E-state index contributed by atoms with van der Waals surface area (Å²) in [5, 5.41) is 5.48. The summed E-state index contributed by atoms with van der Waals surface area (Å²) >= 11 is 3.34. The number of carbonyl (C=O) groups is 2. The first-order chi connectivity index (χ1) is 15.0. The average molecular weight is 485 g/mol. The van der Waals surface area contributed by atoms with Crippen LogP contribution in [0.3, 0.4) is 0 Å². The van der Waals surface area contributed by atoms with Gasteiger partial charge in [-0.05, 0) is 48.5 Å². The van der Waals surface area contributed by atoms with Gasteiger partial charge >= 0.3 is 0 Å². The summed E-state index contributed by atoms with van der Waals surface area (Å²) < 4.78 is 17.1. The lowest BCUT2D eigenvalue weighted by atomic mass is 10.2. The molecule has 0 aliphatic heterocycles. The van der Waals surface area contributed by atoms with Gasteiger partial charge in [0.05, 0.1) is 18.5 Å². The Morgan fingerprint density at radius 1 is 0.742 bits per heavy atom. The highest BCUT2D eigenvalue weighted by Crippen LogP contribution is 2.26. The van der Waals surface area contributed by atoms with Crippen molar-refractivity contribution in [2.75, 3.05) is 31.0 Å². The van der Waals surface area contributed by atoms with Crippen molar-refractivity contribution >= 4 is 39.1 Å². The molecule has 0 unspecified atom stereocenters. The quantitative estimate of drug-likeness (QED) is 0.467. The van der Waals surface area contributed by atoms with E-state index in [4.69, 9.17) is 14.2 Å². The summed E-state index contributed by atoms with van der Waals surface area (Å²) in [6.45, 7) is -0.379. The molecule has 3 aromatic carbocycles. The van der Waals surface area contributed by atoms with E-state index in [1.54, 1.807) is 54.6 Å². The molecule has 8 heteroatoms. The number of benzene rings is 3. The fourth-order valence-electron chi connectivity index (χ4n) is 2.63. The van der Waals surface area contributed by atoms with Crippen LogP contribution in [0, 0.1) is 0 Å². The van der Waals surface area contributed by atoms with Gasteiger partial charge in [-0.3, -0.25) is 9.59 Å². The van der Waals surface area contributed by atoms with Crippen LogP contribution in [0.4, 0.5) is 11.4 Å². The normalized spacial score (nSPS) is 10.1. The molecule has 0 atom stereocenters. The lowest BCUT2D eigenvalue weighted by molar-refractivity contribution is -0.119. The molecule has 7 nitrogen and oxygen atoms in total.